The fraction of sp³-hybridized carbons (Fsp3) is 0.360. The van der Waals surface area contributed by atoms with E-state index in [2.05, 4.69) is 34.8 Å². The third-order valence-electron chi connectivity index (χ3n) is 6.36. The first-order valence-electron chi connectivity index (χ1n) is 11.0. The molecule has 0 aromatic heterocycles. The normalized spacial score (nSPS) is 24.2. The maximum absolute atomic E-state index is 14.0. The molecule has 2 aromatic rings. The van der Waals surface area contributed by atoms with Gasteiger partial charge in [-0.25, -0.2) is 9.20 Å². The van der Waals surface area contributed by atoms with Gasteiger partial charge in [-0.15, -0.1) is 0 Å². The van der Waals surface area contributed by atoms with Gasteiger partial charge in [0.1, 0.15) is 23.6 Å². The van der Waals surface area contributed by atoms with Gasteiger partial charge in [-0.3, -0.25) is 4.79 Å². The molecule has 7 nitrogen and oxygen atoms in total. The van der Waals surface area contributed by atoms with Crippen molar-refractivity contribution < 1.29 is 18.7 Å². The summed E-state index contributed by atoms with van der Waals surface area (Å²) < 4.78 is 29.7. The molecule has 1 heterocycles. The number of anilines is 1. The van der Waals surface area contributed by atoms with E-state index in [1.807, 2.05) is 25.1 Å². The van der Waals surface area contributed by atoms with Crippen molar-refractivity contribution in [3.63, 3.8) is 0 Å². The van der Waals surface area contributed by atoms with Crippen molar-refractivity contribution >= 4 is 50.7 Å². The number of fused-ring (bicyclic) bond motifs is 2. The monoisotopic (exact) mass is 499 g/mol. The molecule has 4 rings (SSSR count). The lowest BCUT2D eigenvalue weighted by molar-refractivity contribution is -0.120. The molecular weight excluding hydrogens is 470 g/mol. The second-order valence-corrected chi connectivity index (χ2v) is 12.8. The summed E-state index contributed by atoms with van der Waals surface area (Å²) >= 11 is 0.434. The summed E-state index contributed by atoms with van der Waals surface area (Å²) in [6.45, 7) is 8.29. The van der Waals surface area contributed by atoms with Gasteiger partial charge in [0.2, 0.25) is 0 Å². The van der Waals surface area contributed by atoms with Crippen molar-refractivity contribution in [2.45, 2.75) is 50.8 Å². The average Bonchev–Trinajstić information content (AvgIpc) is 2.76. The zero-order valence-electron chi connectivity index (χ0n) is 19.9. The number of rotatable bonds is 5. The Bertz CT molecular complexity index is 1360. The smallest absolute Gasteiger partial charge is 0.180 e. The maximum atomic E-state index is 14.0. The van der Waals surface area contributed by atoms with Crippen LogP contribution in [0, 0.1) is 5.41 Å². The van der Waals surface area contributed by atoms with Crippen molar-refractivity contribution in [2.24, 2.45) is 14.8 Å². The van der Waals surface area contributed by atoms with Crippen molar-refractivity contribution in [3.05, 3.63) is 59.2 Å². The minimum Gasteiger partial charge on any atom is -0.506 e. The van der Waals surface area contributed by atoms with E-state index in [9.17, 15) is 14.1 Å². The number of carbonyl (C=O) groups is 1. The van der Waals surface area contributed by atoms with Crippen LogP contribution in [0.2, 0.25) is 0 Å². The van der Waals surface area contributed by atoms with E-state index in [1.54, 1.807) is 24.3 Å². The predicted molar refractivity (Wildman–Crippen MR) is 139 cm³/mol. The molecule has 0 spiro atoms. The van der Waals surface area contributed by atoms with Gasteiger partial charge in [-0.05, 0) is 48.9 Å². The van der Waals surface area contributed by atoms with Crippen LogP contribution in [0.5, 0.6) is 0 Å². The van der Waals surface area contributed by atoms with Crippen LogP contribution in [0.3, 0.4) is 0 Å². The molecule has 0 saturated carbocycles. The third kappa shape index (κ3) is 4.28. The number of Topliss-reactive ketones (excluding diaryl/α,β-unsaturated/α-hetero) is 1. The average molecular weight is 500 g/mol. The molecule has 0 amide bonds. The van der Waals surface area contributed by atoms with Crippen molar-refractivity contribution in [2.75, 3.05) is 11.0 Å². The fourth-order valence-electron chi connectivity index (χ4n) is 4.37. The second-order valence-electron chi connectivity index (χ2n) is 10.2. The number of hydrogen-bond acceptors (Lipinski definition) is 8. The van der Waals surface area contributed by atoms with Crippen LogP contribution in [-0.2, 0) is 19.9 Å². The lowest BCUT2D eigenvalue weighted by Gasteiger charge is -2.37. The molecule has 0 bridgehead atoms. The Kier molecular flexibility index (Phi) is 6.16. The van der Waals surface area contributed by atoms with Gasteiger partial charge in [0.25, 0.3) is 0 Å². The molecule has 0 radical (unpaired) electrons. The number of ketones is 1. The Morgan fingerprint density at radius 3 is 2.56 bits per heavy atom. The van der Waals surface area contributed by atoms with E-state index in [0.717, 1.165) is 12.0 Å². The summed E-state index contributed by atoms with van der Waals surface area (Å²) in [5.74, 6) is -0.481. The first-order valence-corrected chi connectivity index (χ1v) is 13.7. The topological polar surface area (TPSA) is 111 Å². The first-order chi connectivity index (χ1) is 15.9. The van der Waals surface area contributed by atoms with Crippen LogP contribution in [0.1, 0.15) is 51.7 Å². The highest BCUT2D eigenvalue weighted by atomic mass is 32.2. The summed E-state index contributed by atoms with van der Waals surface area (Å²) in [4.78, 5) is 19.0. The number of aliphatic hydroxyl groups excluding tert-OH is 1. The maximum Gasteiger partial charge on any atom is 0.180 e. The molecule has 0 fully saturated rings. The van der Waals surface area contributed by atoms with Crippen LogP contribution >= 0.6 is 12.2 Å². The Morgan fingerprint density at radius 1 is 1.18 bits per heavy atom. The summed E-state index contributed by atoms with van der Waals surface area (Å²) in [6, 6.07) is 12.3. The Balaban J connectivity index is 1.90. The third-order valence-corrected chi connectivity index (χ3v) is 8.35. The highest BCUT2D eigenvalue weighted by Gasteiger charge is 2.46. The zero-order valence-corrected chi connectivity index (χ0v) is 21.5. The van der Waals surface area contributed by atoms with Gasteiger partial charge in [-0.2, -0.15) is 4.36 Å². The van der Waals surface area contributed by atoms with Crippen LogP contribution in [0.15, 0.2) is 62.3 Å². The molecule has 1 unspecified atom stereocenters. The fourth-order valence-corrected chi connectivity index (χ4v) is 6.01. The molecule has 34 heavy (non-hydrogen) atoms. The zero-order chi connectivity index (χ0) is 24.9. The molecule has 2 aromatic carbocycles. The van der Waals surface area contributed by atoms with Crippen LogP contribution in [-0.4, -0.2) is 31.7 Å². The summed E-state index contributed by atoms with van der Waals surface area (Å²) in [5, 5.41) is 11.2. The number of aliphatic hydroxyl groups is 1. The van der Waals surface area contributed by atoms with Gasteiger partial charge in [-0.1, -0.05) is 45.0 Å². The van der Waals surface area contributed by atoms with E-state index in [1.165, 1.54) is 6.26 Å². The van der Waals surface area contributed by atoms with Gasteiger partial charge >= 0.3 is 0 Å². The molecular formula is C25H29N3O4S2. The molecule has 1 aliphatic carbocycles. The minimum atomic E-state index is -2.96. The molecule has 180 valence electrons. The van der Waals surface area contributed by atoms with Gasteiger partial charge < -0.3 is 14.4 Å². The van der Waals surface area contributed by atoms with E-state index in [4.69, 9.17) is 4.55 Å². The molecule has 0 saturated heterocycles. The lowest BCUT2D eigenvalue weighted by atomic mass is 9.65. The Labute approximate surface area is 204 Å². The highest BCUT2D eigenvalue weighted by Crippen LogP contribution is 2.45. The van der Waals surface area contributed by atoms with E-state index in [0.29, 0.717) is 40.5 Å². The molecule has 9 heteroatoms. The Hall–Kier alpha value is -2.62. The van der Waals surface area contributed by atoms with Crippen LogP contribution in [0.25, 0.3) is 5.76 Å². The summed E-state index contributed by atoms with van der Waals surface area (Å²) in [5.41, 5.74) is 1.44. The number of nitrogens with one attached hydrogen (secondary N) is 1. The summed E-state index contributed by atoms with van der Waals surface area (Å²) in [6.07, 6.45) is 2.86. The largest absolute Gasteiger partial charge is 0.506 e. The highest BCUT2D eigenvalue weighted by molar-refractivity contribution is 7.95. The number of nitrogens with zero attached hydrogens (tertiary/aromatic N) is 2. The quantitative estimate of drug-likeness (QED) is 0.326. The lowest BCUT2D eigenvalue weighted by Crippen LogP contribution is -2.41. The van der Waals surface area contributed by atoms with Crippen molar-refractivity contribution in [1.29, 1.82) is 0 Å². The van der Waals surface area contributed by atoms with E-state index >= 15 is 0 Å². The number of hydrogen-bond donors (Lipinski definition) is 3. The van der Waals surface area contributed by atoms with Gasteiger partial charge in [0.05, 0.1) is 25.7 Å². The van der Waals surface area contributed by atoms with Gasteiger partial charge in [0, 0.05) is 17.5 Å². The summed E-state index contributed by atoms with van der Waals surface area (Å²) in [7, 11) is -2.96. The molecule has 2 aliphatic rings. The standard InChI is InChI=1S/C25H29N3O4S2/c1-24(2,3)12-13-25(4)17-9-7-6-8-16(17)21(29)20(22(25)30)23-26-18-11-10-15(27-33-31)14-19(18)34(5,32)28-23/h6-11,14,27,29,31H,12-13H2,1-5H3/t25-,34?/m1/s1. The molecule has 3 N–H and O–H groups in total. The number of aliphatic imine (C=N–C) groups is 1. The van der Waals surface area contributed by atoms with Gasteiger partial charge in [0.15, 0.2) is 11.6 Å². The predicted octanol–water partition coefficient (Wildman–Crippen LogP) is 6.36. The second kappa shape index (κ2) is 8.55. The van der Waals surface area contributed by atoms with E-state index in [-0.39, 0.29) is 28.4 Å². The number of carbonyl (C=O) groups excluding carboxylic acids is 1. The SMILES string of the molecule is CC(C)(C)CC[C@@]1(C)C(=O)C(C2=Nc3ccc(NSO)cc3S(C)(=O)=N2)=C(O)c2ccccc21. The van der Waals surface area contributed by atoms with Crippen molar-refractivity contribution in [1.82, 2.24) is 0 Å². The van der Waals surface area contributed by atoms with E-state index < -0.39 is 15.1 Å². The van der Waals surface area contributed by atoms with Crippen molar-refractivity contribution in [3.8, 4) is 0 Å². The van der Waals surface area contributed by atoms with Crippen LogP contribution in [0.4, 0.5) is 11.4 Å². The Morgan fingerprint density at radius 2 is 1.88 bits per heavy atom. The first kappa shape index (κ1) is 24.5. The molecule has 1 aliphatic heterocycles. The molecule has 2 atom stereocenters. The van der Waals surface area contributed by atoms with Crippen LogP contribution < -0.4 is 4.72 Å². The minimum absolute atomic E-state index is 0.00319. The number of benzene rings is 2. The number of amidine groups is 1.